The van der Waals surface area contributed by atoms with Crippen LogP contribution in [0.2, 0.25) is 0 Å². The van der Waals surface area contributed by atoms with Gasteiger partial charge in [0.05, 0.1) is 22.9 Å². The molecule has 0 spiro atoms. The van der Waals surface area contributed by atoms with Gasteiger partial charge < -0.3 is 0 Å². The second kappa shape index (κ2) is 8.62. The van der Waals surface area contributed by atoms with E-state index in [0.717, 1.165) is 19.3 Å². The maximum Gasteiger partial charge on any atom is 0.289 e. The summed E-state index contributed by atoms with van der Waals surface area (Å²) in [5.41, 5.74) is -0.0391. The fraction of sp³-hybridized carbons (Fsp3) is 0.550. The van der Waals surface area contributed by atoms with Crippen LogP contribution in [0.5, 0.6) is 0 Å². The van der Waals surface area contributed by atoms with Crippen molar-refractivity contribution in [3.05, 3.63) is 40.3 Å². The largest absolute Gasteiger partial charge is 0.289 e. The third kappa shape index (κ3) is 4.51. The minimum absolute atomic E-state index is 0.0645. The third-order valence-corrected chi connectivity index (χ3v) is 6.99. The highest BCUT2D eigenvalue weighted by Gasteiger charge is 2.37. The number of benzene rings is 1. The van der Waals surface area contributed by atoms with Crippen LogP contribution in [0, 0.1) is 0 Å². The second-order valence-corrected chi connectivity index (χ2v) is 9.91. The van der Waals surface area contributed by atoms with E-state index >= 15 is 0 Å². The molecule has 1 unspecified atom stereocenters. The van der Waals surface area contributed by atoms with Crippen LogP contribution in [0.3, 0.4) is 0 Å². The zero-order valence-corrected chi connectivity index (χ0v) is 18.0. The van der Waals surface area contributed by atoms with E-state index < -0.39 is 21.8 Å². The van der Waals surface area contributed by atoms with Gasteiger partial charge in [-0.1, -0.05) is 38.0 Å². The maximum atomic E-state index is 13.5. The minimum Gasteiger partial charge on any atom is -0.267 e. The molecule has 2 heterocycles. The highest BCUT2D eigenvalue weighted by molar-refractivity contribution is 7.91. The molecule has 3 rings (SSSR count). The molecule has 0 aliphatic carbocycles. The van der Waals surface area contributed by atoms with Crippen molar-refractivity contribution >= 4 is 26.5 Å². The number of carbonyl (C=O) groups excluding carboxylic acids is 1. The van der Waals surface area contributed by atoms with Crippen molar-refractivity contribution in [2.75, 3.05) is 25.6 Å². The van der Waals surface area contributed by atoms with E-state index in [-0.39, 0.29) is 22.8 Å². The summed E-state index contributed by atoms with van der Waals surface area (Å²) in [5, 5.41) is 8.42. The maximum absolute atomic E-state index is 13.5. The highest BCUT2D eigenvalue weighted by atomic mass is 32.2. The number of unbranched alkanes of at least 4 members (excludes halogenated alkanes) is 2. The molecule has 0 N–H and O–H groups in total. The van der Waals surface area contributed by atoms with E-state index in [9.17, 15) is 18.0 Å². The van der Waals surface area contributed by atoms with E-state index in [4.69, 9.17) is 0 Å². The van der Waals surface area contributed by atoms with E-state index in [1.54, 1.807) is 43.4 Å². The van der Waals surface area contributed by atoms with Crippen LogP contribution < -0.4 is 5.56 Å². The molecule has 1 atom stereocenters. The molecule has 9 heteroatoms. The fourth-order valence-electron chi connectivity index (χ4n) is 3.81. The van der Waals surface area contributed by atoms with Crippen LogP contribution >= 0.6 is 0 Å². The molecular formula is C20H28N4O4S. The molecule has 1 amide bonds. The molecule has 1 aromatic carbocycles. The minimum atomic E-state index is -3.16. The Labute approximate surface area is 171 Å². The van der Waals surface area contributed by atoms with Crippen molar-refractivity contribution in [1.82, 2.24) is 19.8 Å². The lowest BCUT2D eigenvalue weighted by Crippen LogP contribution is -2.50. The van der Waals surface area contributed by atoms with E-state index in [1.165, 1.54) is 9.69 Å². The monoisotopic (exact) mass is 420 g/mol. The lowest BCUT2D eigenvalue weighted by Gasteiger charge is -2.33. The summed E-state index contributed by atoms with van der Waals surface area (Å²) in [4.78, 5) is 26.3. The summed E-state index contributed by atoms with van der Waals surface area (Å²) >= 11 is 0. The van der Waals surface area contributed by atoms with E-state index in [0.29, 0.717) is 23.7 Å². The van der Waals surface area contributed by atoms with Gasteiger partial charge in [-0.05, 0) is 18.9 Å². The van der Waals surface area contributed by atoms with Gasteiger partial charge in [0.1, 0.15) is 0 Å². The molecule has 1 aromatic heterocycles. The summed E-state index contributed by atoms with van der Waals surface area (Å²) in [6.45, 7) is 2.52. The van der Waals surface area contributed by atoms with Gasteiger partial charge in [0.25, 0.3) is 11.5 Å². The van der Waals surface area contributed by atoms with Crippen molar-refractivity contribution < 1.29 is 13.2 Å². The number of rotatable bonds is 7. The van der Waals surface area contributed by atoms with Crippen molar-refractivity contribution in [2.45, 2.75) is 45.2 Å². The lowest BCUT2D eigenvalue weighted by molar-refractivity contribution is 0.000454. The van der Waals surface area contributed by atoms with Crippen molar-refractivity contribution in [3.8, 4) is 0 Å². The third-order valence-electron chi connectivity index (χ3n) is 5.24. The quantitative estimate of drug-likeness (QED) is 0.500. The Morgan fingerprint density at radius 2 is 1.90 bits per heavy atom. The number of hydrazine groups is 1. The van der Waals surface area contributed by atoms with Gasteiger partial charge in [-0.25, -0.2) is 18.1 Å². The standard InChI is InChI=1S/C20H28N4O4S/c1-4-5-8-12-23-19(25)17-10-7-6-9-16(17)18(21-23)20(26)24(22(2)3)15-11-13-29(27,28)14-15/h6-7,9-10,15H,4-5,8,11-14H2,1-3H3. The first kappa shape index (κ1) is 21.4. The number of aromatic nitrogens is 2. The first-order valence-corrected chi connectivity index (χ1v) is 11.8. The SMILES string of the molecule is CCCCCn1nc(C(=O)N(C2CCS(=O)(=O)C2)N(C)C)c2ccccc2c1=O. The Kier molecular flexibility index (Phi) is 6.38. The van der Waals surface area contributed by atoms with Crippen LogP contribution in [0.25, 0.3) is 10.8 Å². The lowest BCUT2D eigenvalue weighted by atomic mass is 10.1. The Morgan fingerprint density at radius 3 is 2.48 bits per heavy atom. The molecule has 2 aromatic rings. The molecule has 1 aliphatic rings. The van der Waals surface area contributed by atoms with Gasteiger partial charge in [-0.15, -0.1) is 0 Å². The average Bonchev–Trinajstić information content (AvgIpc) is 3.02. The van der Waals surface area contributed by atoms with Gasteiger partial charge in [0, 0.05) is 26.0 Å². The van der Waals surface area contributed by atoms with Gasteiger partial charge in [0.15, 0.2) is 15.5 Å². The Morgan fingerprint density at radius 1 is 1.21 bits per heavy atom. The van der Waals surface area contributed by atoms with Gasteiger partial charge in [-0.3, -0.25) is 14.6 Å². The molecular weight excluding hydrogens is 392 g/mol. The number of sulfone groups is 1. The molecule has 1 fully saturated rings. The summed E-state index contributed by atoms with van der Waals surface area (Å²) in [7, 11) is 0.263. The molecule has 0 saturated carbocycles. The van der Waals surface area contributed by atoms with Crippen LogP contribution in [0.4, 0.5) is 0 Å². The molecule has 1 aliphatic heterocycles. The number of nitrogens with zero attached hydrogens (tertiary/aromatic N) is 4. The number of amides is 1. The van der Waals surface area contributed by atoms with Crippen molar-refractivity contribution in [1.29, 1.82) is 0 Å². The fourth-order valence-corrected chi connectivity index (χ4v) is 5.50. The number of hydrogen-bond donors (Lipinski definition) is 0. The molecule has 29 heavy (non-hydrogen) atoms. The van der Waals surface area contributed by atoms with Crippen LogP contribution in [0.1, 0.15) is 43.1 Å². The zero-order chi connectivity index (χ0) is 21.2. The summed E-state index contributed by atoms with van der Waals surface area (Å²) in [5.74, 6) is -0.386. The predicted molar refractivity (Wildman–Crippen MR) is 112 cm³/mol. The van der Waals surface area contributed by atoms with E-state index in [1.807, 2.05) is 0 Å². The normalized spacial score (nSPS) is 18.4. The Hall–Kier alpha value is -2.26. The summed E-state index contributed by atoms with van der Waals surface area (Å²) in [6.07, 6.45) is 3.17. The second-order valence-electron chi connectivity index (χ2n) is 7.68. The molecule has 0 radical (unpaired) electrons. The number of fused-ring (bicyclic) bond motifs is 1. The Balaban J connectivity index is 2.07. The summed E-state index contributed by atoms with van der Waals surface area (Å²) in [6, 6.07) is 6.51. The zero-order valence-electron chi connectivity index (χ0n) is 17.2. The van der Waals surface area contributed by atoms with Gasteiger partial charge in [-0.2, -0.15) is 5.10 Å². The van der Waals surface area contributed by atoms with Gasteiger partial charge >= 0.3 is 0 Å². The topological polar surface area (TPSA) is 92.6 Å². The van der Waals surface area contributed by atoms with Crippen LogP contribution in [0.15, 0.2) is 29.1 Å². The van der Waals surface area contributed by atoms with Gasteiger partial charge in [0.2, 0.25) is 0 Å². The highest BCUT2D eigenvalue weighted by Crippen LogP contribution is 2.23. The Bertz CT molecular complexity index is 1060. The molecule has 8 nitrogen and oxygen atoms in total. The molecule has 0 bridgehead atoms. The first-order chi connectivity index (χ1) is 13.7. The smallest absolute Gasteiger partial charge is 0.267 e. The average molecular weight is 421 g/mol. The van der Waals surface area contributed by atoms with Crippen molar-refractivity contribution in [3.63, 3.8) is 0 Å². The van der Waals surface area contributed by atoms with Crippen LogP contribution in [-0.4, -0.2) is 65.8 Å². The number of carbonyl (C=O) groups is 1. The van der Waals surface area contributed by atoms with E-state index in [2.05, 4.69) is 12.0 Å². The van der Waals surface area contributed by atoms with Crippen molar-refractivity contribution in [2.24, 2.45) is 0 Å². The number of hydrogen-bond acceptors (Lipinski definition) is 6. The molecule has 158 valence electrons. The number of aryl methyl sites for hydroxylation is 1. The predicted octanol–water partition coefficient (Wildman–Crippen LogP) is 1.69. The summed E-state index contributed by atoms with van der Waals surface area (Å²) < 4.78 is 25.3. The van der Waals surface area contributed by atoms with Crippen LogP contribution in [-0.2, 0) is 16.4 Å². The molecule has 1 saturated heterocycles. The first-order valence-electron chi connectivity index (χ1n) is 9.96.